The fraction of sp³-hybridized carbons (Fsp3) is 0.556. The second-order valence-corrected chi connectivity index (χ2v) is 5.47. The molecule has 0 saturated carbocycles. The highest BCUT2D eigenvalue weighted by Gasteiger charge is 2.08. The van der Waals surface area contributed by atoms with Crippen molar-refractivity contribution in [3.8, 4) is 5.75 Å². The largest absolute Gasteiger partial charge is 0.493 e. The van der Waals surface area contributed by atoms with Gasteiger partial charge in [-0.25, -0.2) is 0 Å². The van der Waals surface area contributed by atoms with Crippen LogP contribution < -0.4 is 10.5 Å². The van der Waals surface area contributed by atoms with Crippen molar-refractivity contribution >= 4 is 0 Å². The molecule has 0 saturated heterocycles. The van der Waals surface area contributed by atoms with Crippen molar-refractivity contribution in [2.45, 2.75) is 58.4 Å². The van der Waals surface area contributed by atoms with Crippen LogP contribution in [0.25, 0.3) is 0 Å². The Balaban J connectivity index is 2.49. The lowest BCUT2D eigenvalue weighted by atomic mass is 10.0. The van der Waals surface area contributed by atoms with Gasteiger partial charge in [0, 0.05) is 6.04 Å². The number of aryl methyl sites for hydroxylation is 1. The van der Waals surface area contributed by atoms with Crippen LogP contribution in [-0.4, -0.2) is 12.6 Å². The molecule has 0 fully saturated rings. The van der Waals surface area contributed by atoms with E-state index in [9.17, 15) is 0 Å². The Morgan fingerprint density at radius 3 is 2.80 bits per heavy atom. The van der Waals surface area contributed by atoms with Gasteiger partial charge in [0.2, 0.25) is 0 Å². The number of allylic oxidation sites excluding steroid dienone is 1. The van der Waals surface area contributed by atoms with Gasteiger partial charge >= 0.3 is 0 Å². The highest BCUT2D eigenvalue weighted by Crippen LogP contribution is 2.22. The van der Waals surface area contributed by atoms with Crippen LogP contribution in [-0.2, 0) is 6.42 Å². The van der Waals surface area contributed by atoms with Gasteiger partial charge in [-0.1, -0.05) is 30.7 Å². The SMILES string of the molecule is C=CCCCCCOc1ccc(C)cc1CC(N)CC. The van der Waals surface area contributed by atoms with Gasteiger partial charge in [0.25, 0.3) is 0 Å². The number of benzene rings is 1. The van der Waals surface area contributed by atoms with E-state index in [1.807, 2.05) is 6.08 Å². The van der Waals surface area contributed by atoms with Gasteiger partial charge < -0.3 is 10.5 Å². The zero-order valence-corrected chi connectivity index (χ0v) is 13.0. The minimum Gasteiger partial charge on any atom is -0.493 e. The molecule has 2 heteroatoms. The Kier molecular flexibility index (Phi) is 8.05. The number of nitrogens with two attached hydrogens (primary N) is 1. The number of rotatable bonds is 10. The van der Waals surface area contributed by atoms with Gasteiger partial charge in [0.15, 0.2) is 0 Å². The molecular formula is C18H29NO. The van der Waals surface area contributed by atoms with Crippen LogP contribution in [0.3, 0.4) is 0 Å². The van der Waals surface area contributed by atoms with Crippen LogP contribution in [0.15, 0.2) is 30.9 Å². The first-order valence-electron chi connectivity index (χ1n) is 7.76. The van der Waals surface area contributed by atoms with Gasteiger partial charge in [0.05, 0.1) is 6.61 Å². The second kappa shape index (κ2) is 9.60. The summed E-state index contributed by atoms with van der Waals surface area (Å²) in [6.07, 6.45) is 8.46. The van der Waals surface area contributed by atoms with Crippen molar-refractivity contribution in [1.82, 2.24) is 0 Å². The maximum Gasteiger partial charge on any atom is 0.122 e. The predicted octanol–water partition coefficient (Wildman–Crippen LogP) is 4.40. The zero-order valence-electron chi connectivity index (χ0n) is 13.0. The maximum atomic E-state index is 6.07. The third kappa shape index (κ3) is 6.25. The Bertz CT molecular complexity index is 400. The molecule has 0 spiro atoms. The minimum absolute atomic E-state index is 0.215. The summed E-state index contributed by atoms with van der Waals surface area (Å²) in [6, 6.07) is 6.60. The average Bonchev–Trinajstić information content (AvgIpc) is 2.44. The van der Waals surface area contributed by atoms with Crippen molar-refractivity contribution in [2.24, 2.45) is 5.73 Å². The molecule has 1 aromatic carbocycles. The summed E-state index contributed by atoms with van der Waals surface area (Å²) in [5.41, 5.74) is 8.58. The minimum atomic E-state index is 0.215. The standard InChI is InChI=1S/C18H29NO/c1-4-6-7-8-9-12-20-18-11-10-15(3)13-16(18)14-17(19)5-2/h4,10-11,13,17H,1,5-9,12,14,19H2,2-3H3. The Hall–Kier alpha value is -1.28. The normalized spacial score (nSPS) is 12.2. The molecule has 1 unspecified atom stereocenters. The summed E-state index contributed by atoms with van der Waals surface area (Å²) >= 11 is 0. The molecule has 0 aromatic heterocycles. The molecule has 2 N–H and O–H groups in total. The lowest BCUT2D eigenvalue weighted by Gasteiger charge is -2.15. The fourth-order valence-corrected chi connectivity index (χ4v) is 2.19. The van der Waals surface area contributed by atoms with Gasteiger partial charge in [-0.05, 0) is 57.1 Å². The van der Waals surface area contributed by atoms with Crippen LogP contribution in [0.4, 0.5) is 0 Å². The van der Waals surface area contributed by atoms with Crippen LogP contribution in [0.2, 0.25) is 0 Å². The summed E-state index contributed by atoms with van der Waals surface area (Å²) in [5, 5.41) is 0. The molecule has 0 amide bonds. The fourth-order valence-electron chi connectivity index (χ4n) is 2.19. The third-order valence-corrected chi connectivity index (χ3v) is 3.53. The third-order valence-electron chi connectivity index (χ3n) is 3.53. The van der Waals surface area contributed by atoms with E-state index < -0.39 is 0 Å². The summed E-state index contributed by atoms with van der Waals surface area (Å²) < 4.78 is 5.94. The van der Waals surface area contributed by atoms with Crippen molar-refractivity contribution in [3.63, 3.8) is 0 Å². The van der Waals surface area contributed by atoms with Crippen molar-refractivity contribution in [2.75, 3.05) is 6.61 Å². The molecule has 2 nitrogen and oxygen atoms in total. The van der Waals surface area contributed by atoms with E-state index >= 15 is 0 Å². The number of ether oxygens (including phenoxy) is 1. The molecule has 112 valence electrons. The first kappa shape index (κ1) is 16.8. The topological polar surface area (TPSA) is 35.2 Å². The molecule has 1 atom stereocenters. The van der Waals surface area contributed by atoms with Gasteiger partial charge in [-0.2, -0.15) is 0 Å². The van der Waals surface area contributed by atoms with Crippen molar-refractivity contribution in [3.05, 3.63) is 42.0 Å². The molecule has 0 heterocycles. The van der Waals surface area contributed by atoms with Gasteiger partial charge in [-0.15, -0.1) is 6.58 Å². The molecule has 0 aliphatic rings. The lowest BCUT2D eigenvalue weighted by molar-refractivity contribution is 0.301. The highest BCUT2D eigenvalue weighted by atomic mass is 16.5. The van der Waals surface area contributed by atoms with E-state index in [0.717, 1.165) is 38.0 Å². The molecule has 0 radical (unpaired) electrons. The molecule has 0 aliphatic heterocycles. The average molecular weight is 275 g/mol. The predicted molar refractivity (Wildman–Crippen MR) is 87.3 cm³/mol. The second-order valence-electron chi connectivity index (χ2n) is 5.47. The quantitative estimate of drug-likeness (QED) is 0.507. The van der Waals surface area contributed by atoms with E-state index in [-0.39, 0.29) is 6.04 Å². The Morgan fingerprint density at radius 2 is 2.10 bits per heavy atom. The monoisotopic (exact) mass is 275 g/mol. The summed E-state index contributed by atoms with van der Waals surface area (Å²) in [4.78, 5) is 0. The van der Waals surface area contributed by atoms with E-state index in [2.05, 4.69) is 38.6 Å². The highest BCUT2D eigenvalue weighted by molar-refractivity contribution is 5.37. The Labute approximate surface area is 124 Å². The van der Waals surface area contributed by atoms with E-state index in [4.69, 9.17) is 10.5 Å². The van der Waals surface area contributed by atoms with Crippen LogP contribution in [0.1, 0.15) is 50.2 Å². The lowest BCUT2D eigenvalue weighted by Crippen LogP contribution is -2.21. The van der Waals surface area contributed by atoms with Crippen molar-refractivity contribution < 1.29 is 4.74 Å². The maximum absolute atomic E-state index is 6.07. The van der Waals surface area contributed by atoms with E-state index in [1.54, 1.807) is 0 Å². The molecule has 1 aromatic rings. The first-order valence-corrected chi connectivity index (χ1v) is 7.76. The molecule has 20 heavy (non-hydrogen) atoms. The molecular weight excluding hydrogens is 246 g/mol. The van der Waals surface area contributed by atoms with Gasteiger partial charge in [0.1, 0.15) is 5.75 Å². The summed E-state index contributed by atoms with van der Waals surface area (Å²) in [6.45, 7) is 8.76. The summed E-state index contributed by atoms with van der Waals surface area (Å²) in [5.74, 6) is 1.00. The molecule has 0 aliphatic carbocycles. The van der Waals surface area contributed by atoms with Crippen LogP contribution in [0.5, 0.6) is 5.75 Å². The Morgan fingerprint density at radius 1 is 1.30 bits per heavy atom. The van der Waals surface area contributed by atoms with Gasteiger partial charge in [-0.3, -0.25) is 0 Å². The van der Waals surface area contributed by atoms with Crippen molar-refractivity contribution in [1.29, 1.82) is 0 Å². The smallest absolute Gasteiger partial charge is 0.122 e. The van der Waals surface area contributed by atoms with E-state index in [1.165, 1.54) is 24.0 Å². The first-order chi connectivity index (χ1) is 9.67. The molecule has 0 bridgehead atoms. The van der Waals surface area contributed by atoms with E-state index in [0.29, 0.717) is 0 Å². The number of unbranched alkanes of at least 4 members (excludes halogenated alkanes) is 3. The number of hydrogen-bond donors (Lipinski definition) is 1. The summed E-state index contributed by atoms with van der Waals surface area (Å²) in [7, 11) is 0. The molecule has 1 rings (SSSR count). The van der Waals surface area contributed by atoms with Crippen LogP contribution >= 0.6 is 0 Å². The number of hydrogen-bond acceptors (Lipinski definition) is 2. The zero-order chi connectivity index (χ0) is 14.8. The van der Waals surface area contributed by atoms with Crippen LogP contribution in [0, 0.1) is 6.92 Å².